The molecule has 1 amide bonds. The van der Waals surface area contributed by atoms with Crippen molar-refractivity contribution >= 4 is 46.3 Å². The summed E-state index contributed by atoms with van der Waals surface area (Å²) in [6.07, 6.45) is 0. The average molecular weight is 475 g/mol. The molecule has 3 rings (SSSR count). The van der Waals surface area contributed by atoms with E-state index in [4.69, 9.17) is 32.7 Å². The van der Waals surface area contributed by atoms with E-state index >= 15 is 0 Å². The van der Waals surface area contributed by atoms with Crippen molar-refractivity contribution in [1.29, 1.82) is 0 Å². The maximum atomic E-state index is 13.3. The number of ether oxygens (including phenoxy) is 2. The van der Waals surface area contributed by atoms with E-state index < -0.39 is 17.7 Å². The Bertz CT molecular complexity index is 1110. The lowest BCUT2D eigenvalue weighted by Crippen LogP contribution is -2.41. The van der Waals surface area contributed by atoms with Gasteiger partial charge in [-0.1, -0.05) is 35.3 Å². The zero-order valence-corrected chi connectivity index (χ0v) is 18.7. The van der Waals surface area contributed by atoms with Crippen LogP contribution in [0, 0.1) is 0 Å². The third-order valence-corrected chi connectivity index (χ3v) is 5.17. The van der Waals surface area contributed by atoms with E-state index in [0.717, 1.165) is 0 Å². The summed E-state index contributed by atoms with van der Waals surface area (Å²) < 4.78 is 10.4. The van der Waals surface area contributed by atoms with Crippen molar-refractivity contribution in [2.24, 2.45) is 0 Å². The van der Waals surface area contributed by atoms with Crippen LogP contribution in [0.25, 0.3) is 0 Å². The zero-order valence-electron chi connectivity index (χ0n) is 17.2. The highest BCUT2D eigenvalue weighted by Gasteiger charge is 2.29. The van der Waals surface area contributed by atoms with E-state index in [1.165, 1.54) is 26.4 Å². The largest absolute Gasteiger partial charge is 0.505 e. The summed E-state index contributed by atoms with van der Waals surface area (Å²) in [5, 5.41) is 15.3. The Kier molecular flexibility index (Phi) is 7.45. The van der Waals surface area contributed by atoms with E-state index in [2.05, 4.69) is 10.6 Å². The van der Waals surface area contributed by atoms with Gasteiger partial charge in [0, 0.05) is 11.3 Å². The van der Waals surface area contributed by atoms with Crippen LogP contribution in [-0.2, 0) is 4.79 Å². The van der Waals surface area contributed by atoms with Crippen molar-refractivity contribution in [3.63, 3.8) is 0 Å². The molecule has 1 unspecified atom stereocenters. The monoisotopic (exact) mass is 474 g/mol. The van der Waals surface area contributed by atoms with Crippen molar-refractivity contribution in [2.75, 3.05) is 24.9 Å². The Labute approximate surface area is 194 Å². The van der Waals surface area contributed by atoms with Gasteiger partial charge in [0.05, 0.1) is 30.0 Å². The predicted molar refractivity (Wildman–Crippen MR) is 124 cm³/mol. The average Bonchev–Trinajstić information content (AvgIpc) is 2.80. The van der Waals surface area contributed by atoms with Gasteiger partial charge in [0.15, 0.2) is 17.6 Å². The molecule has 1 atom stereocenters. The molecule has 0 saturated carbocycles. The maximum Gasteiger partial charge on any atom is 0.255 e. The second-order valence-corrected chi connectivity index (χ2v) is 7.46. The number of amides is 1. The number of carbonyl (C=O) groups excluding carboxylic acids is 2. The van der Waals surface area contributed by atoms with Crippen LogP contribution in [0.1, 0.15) is 10.4 Å². The molecule has 0 aliphatic heterocycles. The van der Waals surface area contributed by atoms with Gasteiger partial charge < -0.3 is 25.2 Å². The number of carbonyl (C=O) groups is 2. The minimum atomic E-state index is -1.34. The number of anilines is 2. The first-order valence-electron chi connectivity index (χ1n) is 9.40. The number of ketones is 1. The number of Topliss-reactive ketones (excluding diaryl/α,β-unsaturated/α-hetero) is 1. The Morgan fingerprint density at radius 3 is 2.16 bits per heavy atom. The summed E-state index contributed by atoms with van der Waals surface area (Å²) in [5.41, 5.74) is 0.963. The van der Waals surface area contributed by atoms with Gasteiger partial charge in [-0.2, -0.15) is 0 Å². The van der Waals surface area contributed by atoms with Crippen LogP contribution in [0.4, 0.5) is 11.4 Å². The first kappa shape index (κ1) is 23.2. The lowest BCUT2D eigenvalue weighted by molar-refractivity contribution is -0.116. The van der Waals surface area contributed by atoms with E-state index in [1.54, 1.807) is 48.5 Å². The summed E-state index contributed by atoms with van der Waals surface area (Å²) in [6.45, 7) is 0. The Morgan fingerprint density at radius 1 is 0.938 bits per heavy atom. The topological polar surface area (TPSA) is 96.9 Å². The zero-order chi connectivity index (χ0) is 23.3. The lowest BCUT2D eigenvalue weighted by Gasteiger charge is -2.20. The Hall–Kier alpha value is -3.42. The van der Waals surface area contributed by atoms with E-state index in [1.807, 2.05) is 0 Å². The number of hydrogen-bond donors (Lipinski definition) is 3. The quantitative estimate of drug-likeness (QED) is 0.241. The van der Waals surface area contributed by atoms with Crippen LogP contribution in [0.2, 0.25) is 10.0 Å². The molecule has 3 aromatic rings. The first-order valence-corrected chi connectivity index (χ1v) is 10.2. The highest BCUT2D eigenvalue weighted by atomic mass is 35.5. The minimum Gasteiger partial charge on any atom is -0.505 e. The third kappa shape index (κ3) is 5.25. The number of phenolic OH excluding ortho intramolecular Hbond substituents is 1. The number of phenols is 1. The number of nitrogens with one attached hydrogen (secondary N) is 2. The molecule has 0 aromatic heterocycles. The summed E-state index contributed by atoms with van der Waals surface area (Å²) in [5.74, 6) is -0.416. The molecular weight excluding hydrogens is 455 g/mol. The fourth-order valence-corrected chi connectivity index (χ4v) is 3.43. The summed E-state index contributed by atoms with van der Waals surface area (Å²) in [6, 6.07) is 14.6. The highest BCUT2D eigenvalue weighted by molar-refractivity contribution is 6.37. The third-order valence-electron chi connectivity index (χ3n) is 4.59. The molecule has 0 bridgehead atoms. The molecular formula is C23H20Cl2N2O5. The first-order chi connectivity index (χ1) is 15.3. The molecule has 0 heterocycles. The molecule has 0 aliphatic rings. The van der Waals surface area contributed by atoms with Crippen LogP contribution in [0.3, 0.4) is 0 Å². The van der Waals surface area contributed by atoms with E-state index in [0.29, 0.717) is 17.2 Å². The number of benzene rings is 3. The van der Waals surface area contributed by atoms with Crippen LogP contribution in [0.5, 0.6) is 17.2 Å². The molecule has 166 valence electrons. The SMILES string of the molecule is COc1ccc(C(=O)C(Nc2cc(Cl)c(O)c(Cl)c2)C(=O)Nc2ccccc2OC)cc1. The molecule has 3 aromatic carbocycles. The molecule has 0 aliphatic carbocycles. The van der Waals surface area contributed by atoms with Gasteiger partial charge in [-0.3, -0.25) is 9.59 Å². The molecule has 3 N–H and O–H groups in total. The highest BCUT2D eigenvalue weighted by Crippen LogP contribution is 2.35. The van der Waals surface area contributed by atoms with Crippen LogP contribution in [-0.4, -0.2) is 37.1 Å². The second kappa shape index (κ2) is 10.3. The maximum absolute atomic E-state index is 13.3. The minimum absolute atomic E-state index is 0.0271. The summed E-state index contributed by atoms with van der Waals surface area (Å²) in [4.78, 5) is 26.4. The number of hydrogen-bond acceptors (Lipinski definition) is 6. The predicted octanol–water partition coefficient (Wildman–Crippen LogP) is 5.02. The Balaban J connectivity index is 1.95. The summed E-state index contributed by atoms with van der Waals surface area (Å²) >= 11 is 12.0. The molecule has 0 fully saturated rings. The normalized spacial score (nSPS) is 11.4. The van der Waals surface area contributed by atoms with Crippen LogP contribution < -0.4 is 20.1 Å². The number of halogens is 2. The van der Waals surface area contributed by atoms with E-state index in [-0.39, 0.29) is 27.0 Å². The van der Waals surface area contributed by atoms with Gasteiger partial charge in [0.1, 0.15) is 11.5 Å². The molecule has 0 radical (unpaired) electrons. The smallest absolute Gasteiger partial charge is 0.255 e. The van der Waals surface area contributed by atoms with Crippen molar-refractivity contribution in [2.45, 2.75) is 6.04 Å². The fourth-order valence-electron chi connectivity index (χ4n) is 2.94. The van der Waals surface area contributed by atoms with Crippen molar-refractivity contribution in [3.8, 4) is 17.2 Å². The standard InChI is InChI=1S/C23H20Cl2N2O5/c1-31-15-9-7-13(8-10-15)21(28)20(26-14-11-16(24)22(29)17(25)12-14)23(30)27-18-5-3-4-6-19(18)32-2/h3-12,20,26,29H,1-2H3,(H,27,30). The van der Waals surface area contributed by atoms with Crippen LogP contribution in [0.15, 0.2) is 60.7 Å². The van der Waals surface area contributed by atoms with Crippen molar-refractivity contribution in [3.05, 3.63) is 76.3 Å². The number of methoxy groups -OCH3 is 2. The van der Waals surface area contributed by atoms with Crippen molar-refractivity contribution < 1.29 is 24.2 Å². The van der Waals surface area contributed by atoms with Crippen molar-refractivity contribution in [1.82, 2.24) is 0 Å². The second-order valence-electron chi connectivity index (χ2n) is 6.65. The molecule has 7 nitrogen and oxygen atoms in total. The number of rotatable bonds is 8. The molecule has 0 saturated heterocycles. The molecule has 32 heavy (non-hydrogen) atoms. The van der Waals surface area contributed by atoms with E-state index in [9.17, 15) is 14.7 Å². The number of para-hydroxylation sites is 2. The van der Waals surface area contributed by atoms with Crippen LogP contribution >= 0.6 is 23.2 Å². The molecule has 9 heteroatoms. The molecule has 0 spiro atoms. The fraction of sp³-hybridized carbons (Fsp3) is 0.130. The number of aromatic hydroxyl groups is 1. The summed E-state index contributed by atoms with van der Waals surface area (Å²) in [7, 11) is 2.99. The Morgan fingerprint density at radius 2 is 1.56 bits per heavy atom. The van der Waals surface area contributed by atoms with Gasteiger partial charge in [-0.05, 0) is 48.5 Å². The van der Waals surface area contributed by atoms with Gasteiger partial charge in [0.2, 0.25) is 0 Å². The van der Waals surface area contributed by atoms with Gasteiger partial charge >= 0.3 is 0 Å². The lowest BCUT2D eigenvalue weighted by atomic mass is 10.0. The van der Waals surface area contributed by atoms with Gasteiger partial charge in [-0.25, -0.2) is 0 Å². The van der Waals surface area contributed by atoms with Gasteiger partial charge in [-0.15, -0.1) is 0 Å². The van der Waals surface area contributed by atoms with Gasteiger partial charge in [0.25, 0.3) is 5.91 Å².